The zero-order valence-corrected chi connectivity index (χ0v) is 15.3. The van der Waals surface area contributed by atoms with Crippen molar-refractivity contribution < 1.29 is 9.53 Å². The summed E-state index contributed by atoms with van der Waals surface area (Å²) in [5.74, 6) is 1.05. The Labute approximate surface area is 145 Å². The maximum absolute atomic E-state index is 11.2. The van der Waals surface area contributed by atoms with Gasteiger partial charge < -0.3 is 10.1 Å². The lowest BCUT2D eigenvalue weighted by atomic mass is 10.1. The number of methoxy groups -OCH3 is 1. The van der Waals surface area contributed by atoms with Gasteiger partial charge in [-0.25, -0.2) is 4.98 Å². The second-order valence-electron chi connectivity index (χ2n) is 5.04. The minimum atomic E-state index is -0.106. The second-order valence-corrected chi connectivity index (χ2v) is 6.44. The summed E-state index contributed by atoms with van der Waals surface area (Å²) in [6.07, 6.45) is 2.31. The van der Waals surface area contributed by atoms with Crippen molar-refractivity contribution in [2.24, 2.45) is 0 Å². The average molecular weight is 353 g/mol. The van der Waals surface area contributed by atoms with Crippen molar-refractivity contribution in [1.82, 2.24) is 4.98 Å². The molecule has 23 heavy (non-hydrogen) atoms. The number of halogens is 1. The molecule has 1 aromatic carbocycles. The first kappa shape index (κ1) is 17.8. The number of carbonyl (C=O) groups excluding carboxylic acids is 1. The standard InChI is InChI=1S/C15H15ClN2O2S.C2H6/c1-8(19)17-15-18-13(9-3-4-9)14(21-15)10-5-6-12(20-2)11(16)7-10;1-2/h5-7,9H,3-4H2,1-2H3,(H,17,18,19);1-2H3. The first-order valence-corrected chi connectivity index (χ1v) is 8.90. The van der Waals surface area contributed by atoms with E-state index < -0.39 is 0 Å². The topological polar surface area (TPSA) is 51.2 Å². The van der Waals surface area contributed by atoms with Crippen LogP contribution in [0.15, 0.2) is 18.2 Å². The van der Waals surface area contributed by atoms with Crippen LogP contribution in [0, 0.1) is 0 Å². The Bertz CT molecular complexity index is 696. The van der Waals surface area contributed by atoms with Crippen molar-refractivity contribution in [3.63, 3.8) is 0 Å². The summed E-state index contributed by atoms with van der Waals surface area (Å²) >= 11 is 7.70. The smallest absolute Gasteiger partial charge is 0.223 e. The first-order chi connectivity index (χ1) is 11.1. The molecule has 0 unspecified atom stereocenters. The summed E-state index contributed by atoms with van der Waals surface area (Å²) in [6.45, 7) is 5.49. The molecule has 1 heterocycles. The van der Waals surface area contributed by atoms with Gasteiger partial charge in [-0.05, 0) is 36.6 Å². The van der Waals surface area contributed by atoms with Gasteiger partial charge >= 0.3 is 0 Å². The number of amides is 1. The van der Waals surface area contributed by atoms with Gasteiger partial charge in [0, 0.05) is 12.8 Å². The van der Waals surface area contributed by atoms with Crippen LogP contribution in [0.4, 0.5) is 5.13 Å². The molecule has 0 spiro atoms. The van der Waals surface area contributed by atoms with Crippen molar-refractivity contribution >= 4 is 34.0 Å². The van der Waals surface area contributed by atoms with Crippen LogP contribution in [-0.2, 0) is 4.79 Å². The zero-order chi connectivity index (χ0) is 17.0. The van der Waals surface area contributed by atoms with E-state index in [4.69, 9.17) is 16.3 Å². The molecule has 1 aromatic heterocycles. The van der Waals surface area contributed by atoms with Crippen molar-refractivity contribution in [2.45, 2.75) is 39.5 Å². The number of ether oxygens (including phenoxy) is 1. The highest BCUT2D eigenvalue weighted by Gasteiger charge is 2.30. The number of hydrogen-bond donors (Lipinski definition) is 1. The minimum Gasteiger partial charge on any atom is -0.495 e. The summed E-state index contributed by atoms with van der Waals surface area (Å²) in [5, 5.41) is 3.99. The summed E-state index contributed by atoms with van der Waals surface area (Å²) in [6, 6.07) is 5.71. The van der Waals surface area contributed by atoms with Gasteiger partial charge in [0.2, 0.25) is 5.91 Å². The monoisotopic (exact) mass is 352 g/mol. The molecule has 1 fully saturated rings. The van der Waals surface area contributed by atoms with E-state index in [1.54, 1.807) is 7.11 Å². The highest BCUT2D eigenvalue weighted by Crippen LogP contribution is 2.47. The highest BCUT2D eigenvalue weighted by molar-refractivity contribution is 7.19. The van der Waals surface area contributed by atoms with Crippen LogP contribution in [0.5, 0.6) is 5.75 Å². The van der Waals surface area contributed by atoms with Crippen molar-refractivity contribution in [1.29, 1.82) is 0 Å². The largest absolute Gasteiger partial charge is 0.495 e. The molecule has 1 amide bonds. The molecule has 0 atom stereocenters. The molecule has 1 saturated carbocycles. The molecule has 6 heteroatoms. The molecule has 124 valence electrons. The lowest BCUT2D eigenvalue weighted by Crippen LogP contribution is -2.05. The van der Waals surface area contributed by atoms with Gasteiger partial charge in [-0.15, -0.1) is 0 Å². The van der Waals surface area contributed by atoms with Crippen LogP contribution in [0.3, 0.4) is 0 Å². The maximum atomic E-state index is 11.2. The molecule has 1 N–H and O–H groups in total. The van der Waals surface area contributed by atoms with E-state index in [9.17, 15) is 4.79 Å². The van der Waals surface area contributed by atoms with Gasteiger partial charge in [-0.3, -0.25) is 4.79 Å². The molecule has 0 radical (unpaired) electrons. The van der Waals surface area contributed by atoms with Gasteiger partial charge in [0.25, 0.3) is 0 Å². The molecule has 4 nitrogen and oxygen atoms in total. The van der Waals surface area contributed by atoms with Crippen LogP contribution in [-0.4, -0.2) is 18.0 Å². The second kappa shape index (κ2) is 7.79. The maximum Gasteiger partial charge on any atom is 0.223 e. The molecule has 1 aliphatic carbocycles. The Morgan fingerprint density at radius 3 is 2.61 bits per heavy atom. The molecule has 0 aliphatic heterocycles. The van der Waals surface area contributed by atoms with Crippen LogP contribution >= 0.6 is 22.9 Å². The Hall–Kier alpha value is -1.59. The number of carbonyl (C=O) groups is 1. The minimum absolute atomic E-state index is 0.106. The molecular formula is C17H21ClN2O2S. The Morgan fingerprint density at radius 2 is 2.09 bits per heavy atom. The molecule has 2 aromatic rings. The fourth-order valence-corrected chi connectivity index (χ4v) is 3.54. The molecule has 3 rings (SSSR count). The lowest BCUT2D eigenvalue weighted by molar-refractivity contribution is -0.114. The number of thiazole rings is 1. The van der Waals surface area contributed by atoms with E-state index in [0.29, 0.717) is 21.8 Å². The number of hydrogen-bond acceptors (Lipinski definition) is 4. The van der Waals surface area contributed by atoms with E-state index in [-0.39, 0.29) is 5.91 Å². The molecule has 1 aliphatic rings. The third-order valence-electron chi connectivity index (χ3n) is 3.31. The number of benzene rings is 1. The fraction of sp³-hybridized carbons (Fsp3) is 0.412. The van der Waals surface area contributed by atoms with E-state index >= 15 is 0 Å². The first-order valence-electron chi connectivity index (χ1n) is 7.70. The van der Waals surface area contributed by atoms with E-state index in [0.717, 1.165) is 29.0 Å². The number of rotatable bonds is 4. The van der Waals surface area contributed by atoms with Crippen LogP contribution in [0.2, 0.25) is 5.02 Å². The third-order valence-corrected chi connectivity index (χ3v) is 4.65. The fourth-order valence-electron chi connectivity index (χ4n) is 2.18. The highest BCUT2D eigenvalue weighted by atomic mass is 35.5. The number of nitrogens with zero attached hydrogens (tertiary/aromatic N) is 1. The lowest BCUT2D eigenvalue weighted by Gasteiger charge is -2.05. The molecule has 0 saturated heterocycles. The summed E-state index contributed by atoms with van der Waals surface area (Å²) in [7, 11) is 1.60. The number of anilines is 1. The average Bonchev–Trinajstić information content (AvgIpc) is 3.30. The zero-order valence-electron chi connectivity index (χ0n) is 13.8. The van der Waals surface area contributed by atoms with Crippen LogP contribution in [0.1, 0.15) is 45.2 Å². The molecular weight excluding hydrogens is 332 g/mol. The van der Waals surface area contributed by atoms with Gasteiger partial charge in [0.15, 0.2) is 5.13 Å². The third kappa shape index (κ3) is 4.24. The van der Waals surface area contributed by atoms with Crippen LogP contribution < -0.4 is 10.1 Å². The summed E-state index contributed by atoms with van der Waals surface area (Å²) in [4.78, 5) is 16.9. The number of nitrogens with one attached hydrogen (secondary N) is 1. The van der Waals surface area contributed by atoms with Crippen molar-refractivity contribution in [3.8, 4) is 16.2 Å². The number of aromatic nitrogens is 1. The van der Waals surface area contributed by atoms with Gasteiger partial charge in [-0.2, -0.15) is 0 Å². The van der Waals surface area contributed by atoms with E-state index in [1.807, 2.05) is 32.0 Å². The van der Waals surface area contributed by atoms with Crippen molar-refractivity contribution in [2.75, 3.05) is 12.4 Å². The Kier molecular flexibility index (Phi) is 6.02. The predicted molar refractivity (Wildman–Crippen MR) is 96.7 cm³/mol. The summed E-state index contributed by atoms with van der Waals surface area (Å²) < 4.78 is 5.18. The van der Waals surface area contributed by atoms with Gasteiger partial charge in [0.05, 0.1) is 22.7 Å². The van der Waals surface area contributed by atoms with E-state index in [1.165, 1.54) is 18.3 Å². The van der Waals surface area contributed by atoms with Gasteiger partial charge in [0.1, 0.15) is 5.75 Å². The van der Waals surface area contributed by atoms with Crippen molar-refractivity contribution in [3.05, 3.63) is 28.9 Å². The Morgan fingerprint density at radius 1 is 1.39 bits per heavy atom. The normalized spacial score (nSPS) is 13.1. The summed E-state index contributed by atoms with van der Waals surface area (Å²) in [5.41, 5.74) is 2.07. The van der Waals surface area contributed by atoms with Crippen LogP contribution in [0.25, 0.3) is 10.4 Å². The quantitative estimate of drug-likeness (QED) is 0.808. The van der Waals surface area contributed by atoms with Gasteiger partial charge in [-0.1, -0.05) is 36.8 Å². The van der Waals surface area contributed by atoms with E-state index in [2.05, 4.69) is 10.3 Å². The Balaban J connectivity index is 0.000000924. The molecule has 0 bridgehead atoms. The predicted octanol–water partition coefficient (Wildman–Crippen LogP) is 5.33. The SMILES string of the molecule is CC.COc1ccc(-c2sc(NC(C)=O)nc2C2CC2)cc1Cl.